The number of nitrogens with zero attached hydrogens (tertiary/aromatic N) is 3. The van der Waals surface area contributed by atoms with Gasteiger partial charge in [0.1, 0.15) is 0 Å². The minimum atomic E-state index is -0.100. The Morgan fingerprint density at radius 2 is 1.76 bits per heavy atom. The predicted molar refractivity (Wildman–Crippen MR) is 127 cm³/mol. The molecule has 1 heterocycles. The number of benzene rings is 2. The molecule has 176 valence electrons. The number of hydrogen-bond acceptors (Lipinski definition) is 6. The average molecular weight is 452 g/mol. The van der Waals surface area contributed by atoms with Crippen LogP contribution in [0.3, 0.4) is 0 Å². The molecule has 2 aromatic carbocycles. The first-order valence-corrected chi connectivity index (χ1v) is 11.1. The summed E-state index contributed by atoms with van der Waals surface area (Å²) in [7, 11) is 3.17. The maximum Gasteiger partial charge on any atom is 0.228 e. The van der Waals surface area contributed by atoms with E-state index in [2.05, 4.69) is 37.8 Å². The molecule has 0 radical (unpaired) electrons. The van der Waals surface area contributed by atoms with E-state index in [4.69, 9.17) is 14.0 Å². The smallest absolute Gasteiger partial charge is 0.228 e. The molecular formula is C26H33N3O4. The van der Waals surface area contributed by atoms with Gasteiger partial charge in [0.05, 0.1) is 20.3 Å². The second-order valence-corrected chi connectivity index (χ2v) is 9.24. The fraction of sp³-hybridized carbons (Fsp3) is 0.423. The van der Waals surface area contributed by atoms with Crippen LogP contribution in [0.2, 0.25) is 0 Å². The fourth-order valence-corrected chi connectivity index (χ4v) is 3.67. The van der Waals surface area contributed by atoms with Crippen LogP contribution in [0.5, 0.6) is 11.5 Å². The van der Waals surface area contributed by atoms with Gasteiger partial charge in [0.25, 0.3) is 0 Å². The molecule has 0 saturated carbocycles. The van der Waals surface area contributed by atoms with Gasteiger partial charge in [-0.05, 0) is 36.1 Å². The van der Waals surface area contributed by atoms with E-state index in [9.17, 15) is 4.79 Å². The molecule has 0 spiro atoms. The van der Waals surface area contributed by atoms with Crippen molar-refractivity contribution in [2.45, 2.75) is 46.6 Å². The number of aromatic nitrogens is 2. The lowest BCUT2D eigenvalue weighted by molar-refractivity contribution is -0.135. The SMILES string of the molecule is COc1ccc(-c2noc(CCN(C(=O)CC(C)(C)C)[C@H](C)c3ccccc3)n2)cc1OC. The number of hydrogen-bond donors (Lipinski definition) is 0. The monoisotopic (exact) mass is 451 g/mol. The molecule has 0 fully saturated rings. The van der Waals surface area contributed by atoms with Crippen LogP contribution in [-0.4, -0.2) is 41.7 Å². The molecule has 7 nitrogen and oxygen atoms in total. The number of carbonyl (C=O) groups is 1. The summed E-state index contributed by atoms with van der Waals surface area (Å²) < 4.78 is 16.1. The number of amides is 1. The maximum atomic E-state index is 13.2. The molecule has 0 bridgehead atoms. The molecule has 0 aliphatic rings. The summed E-state index contributed by atoms with van der Waals surface area (Å²) in [4.78, 5) is 19.6. The van der Waals surface area contributed by atoms with Gasteiger partial charge in [-0.15, -0.1) is 0 Å². The molecule has 0 aliphatic heterocycles. The van der Waals surface area contributed by atoms with Gasteiger partial charge in [-0.1, -0.05) is 56.3 Å². The highest BCUT2D eigenvalue weighted by molar-refractivity contribution is 5.77. The summed E-state index contributed by atoms with van der Waals surface area (Å²) in [5, 5.41) is 4.12. The second kappa shape index (κ2) is 10.5. The minimum absolute atomic E-state index is 0.0608. The van der Waals surface area contributed by atoms with E-state index in [1.54, 1.807) is 20.3 Å². The van der Waals surface area contributed by atoms with Gasteiger partial charge in [-0.3, -0.25) is 4.79 Å². The molecule has 0 aliphatic carbocycles. The van der Waals surface area contributed by atoms with Crippen molar-refractivity contribution in [3.05, 3.63) is 60.0 Å². The quantitative estimate of drug-likeness (QED) is 0.438. The van der Waals surface area contributed by atoms with E-state index in [-0.39, 0.29) is 17.4 Å². The van der Waals surface area contributed by atoms with Crippen molar-refractivity contribution in [3.63, 3.8) is 0 Å². The minimum Gasteiger partial charge on any atom is -0.493 e. The molecule has 3 rings (SSSR count). The number of methoxy groups -OCH3 is 2. The lowest BCUT2D eigenvalue weighted by Crippen LogP contribution is -2.37. The molecule has 1 atom stereocenters. The van der Waals surface area contributed by atoms with Crippen LogP contribution in [0.1, 0.15) is 51.6 Å². The largest absolute Gasteiger partial charge is 0.493 e. The summed E-state index contributed by atoms with van der Waals surface area (Å²) in [5.74, 6) is 2.28. The first kappa shape index (κ1) is 24.3. The fourth-order valence-electron chi connectivity index (χ4n) is 3.67. The normalized spacial score (nSPS) is 12.3. The van der Waals surface area contributed by atoms with Gasteiger partial charge in [0.15, 0.2) is 11.5 Å². The third-order valence-corrected chi connectivity index (χ3v) is 5.43. The van der Waals surface area contributed by atoms with Gasteiger partial charge in [0.2, 0.25) is 17.6 Å². The molecular weight excluding hydrogens is 418 g/mol. The van der Waals surface area contributed by atoms with Crippen LogP contribution in [-0.2, 0) is 11.2 Å². The highest BCUT2D eigenvalue weighted by Gasteiger charge is 2.26. The van der Waals surface area contributed by atoms with Gasteiger partial charge >= 0.3 is 0 Å². The molecule has 1 amide bonds. The van der Waals surface area contributed by atoms with Crippen LogP contribution in [0.4, 0.5) is 0 Å². The van der Waals surface area contributed by atoms with E-state index >= 15 is 0 Å². The van der Waals surface area contributed by atoms with Crippen LogP contribution in [0.25, 0.3) is 11.4 Å². The van der Waals surface area contributed by atoms with E-state index in [0.717, 1.165) is 11.1 Å². The lowest BCUT2D eigenvalue weighted by Gasteiger charge is -2.32. The molecule has 1 aromatic heterocycles. The van der Waals surface area contributed by atoms with Gasteiger partial charge in [0, 0.05) is 24.9 Å². The maximum absolute atomic E-state index is 13.2. The Kier molecular flexibility index (Phi) is 7.74. The summed E-state index contributed by atoms with van der Waals surface area (Å²) in [5.41, 5.74) is 1.76. The first-order chi connectivity index (χ1) is 15.7. The van der Waals surface area contributed by atoms with E-state index in [1.807, 2.05) is 47.4 Å². The van der Waals surface area contributed by atoms with Crippen LogP contribution < -0.4 is 9.47 Å². The number of rotatable bonds is 9. The molecule has 0 N–H and O–H groups in total. The molecule has 0 unspecified atom stereocenters. The number of ether oxygens (including phenoxy) is 2. The van der Waals surface area contributed by atoms with Crippen molar-refractivity contribution < 1.29 is 18.8 Å². The predicted octanol–water partition coefficient (Wildman–Crippen LogP) is 5.32. The average Bonchev–Trinajstić information content (AvgIpc) is 3.27. The first-order valence-electron chi connectivity index (χ1n) is 11.1. The Morgan fingerprint density at radius 3 is 2.39 bits per heavy atom. The summed E-state index contributed by atoms with van der Waals surface area (Å²) in [6.07, 6.45) is 0.929. The topological polar surface area (TPSA) is 77.7 Å². The zero-order valence-electron chi connectivity index (χ0n) is 20.3. The van der Waals surface area contributed by atoms with Gasteiger partial charge in [-0.2, -0.15) is 4.98 Å². The van der Waals surface area contributed by atoms with Crippen molar-refractivity contribution in [2.75, 3.05) is 20.8 Å². The van der Waals surface area contributed by atoms with Gasteiger partial charge in [-0.25, -0.2) is 0 Å². The Bertz CT molecular complexity index is 1060. The van der Waals surface area contributed by atoms with Crippen molar-refractivity contribution in [3.8, 4) is 22.9 Å². The second-order valence-electron chi connectivity index (χ2n) is 9.24. The molecule has 3 aromatic rings. The zero-order valence-corrected chi connectivity index (χ0v) is 20.3. The zero-order chi connectivity index (χ0) is 24.0. The van der Waals surface area contributed by atoms with E-state index < -0.39 is 0 Å². The Balaban J connectivity index is 1.77. The Labute approximate surface area is 195 Å². The summed E-state index contributed by atoms with van der Waals surface area (Å²) >= 11 is 0. The Hall–Kier alpha value is -3.35. The van der Waals surface area contributed by atoms with E-state index in [1.165, 1.54) is 0 Å². The molecule has 33 heavy (non-hydrogen) atoms. The summed E-state index contributed by atoms with van der Waals surface area (Å²) in [6.45, 7) is 8.76. The van der Waals surface area contributed by atoms with E-state index in [0.29, 0.717) is 42.6 Å². The molecule has 7 heteroatoms. The third-order valence-electron chi connectivity index (χ3n) is 5.43. The van der Waals surface area contributed by atoms with Crippen LogP contribution in [0, 0.1) is 5.41 Å². The third kappa shape index (κ3) is 6.34. The molecule has 0 saturated heterocycles. The Morgan fingerprint density at radius 1 is 1.06 bits per heavy atom. The van der Waals surface area contributed by atoms with Crippen molar-refractivity contribution in [2.24, 2.45) is 5.41 Å². The highest BCUT2D eigenvalue weighted by Crippen LogP contribution is 2.31. The van der Waals surface area contributed by atoms with Crippen molar-refractivity contribution >= 4 is 5.91 Å². The van der Waals surface area contributed by atoms with Crippen molar-refractivity contribution in [1.29, 1.82) is 0 Å². The summed E-state index contributed by atoms with van der Waals surface area (Å²) in [6, 6.07) is 15.5. The number of carbonyl (C=O) groups excluding carboxylic acids is 1. The van der Waals surface area contributed by atoms with Gasteiger partial charge < -0.3 is 18.9 Å². The van der Waals surface area contributed by atoms with Crippen LogP contribution >= 0.6 is 0 Å². The standard InChI is InChI=1S/C26H33N3O4/c1-18(19-10-8-7-9-11-19)29(24(30)17-26(2,3)4)15-14-23-27-25(28-33-23)20-12-13-21(31-5)22(16-20)32-6/h7-13,16,18H,14-15,17H2,1-6H3/t18-/m1/s1. The van der Waals surface area contributed by atoms with Crippen LogP contribution in [0.15, 0.2) is 53.1 Å². The van der Waals surface area contributed by atoms with Crippen molar-refractivity contribution in [1.82, 2.24) is 15.0 Å². The highest BCUT2D eigenvalue weighted by atomic mass is 16.5. The lowest BCUT2D eigenvalue weighted by atomic mass is 9.91.